The average Bonchev–Trinajstić information content (AvgIpc) is 2.48. The van der Waals surface area contributed by atoms with Crippen molar-refractivity contribution in [2.75, 3.05) is 11.9 Å². The number of hydrogen-bond donors (Lipinski definition) is 2. The Morgan fingerprint density at radius 1 is 1.13 bits per heavy atom. The summed E-state index contributed by atoms with van der Waals surface area (Å²) in [6.45, 7) is 1.86. The third-order valence-electron chi connectivity index (χ3n) is 3.20. The van der Waals surface area contributed by atoms with Crippen molar-refractivity contribution in [1.82, 2.24) is 5.32 Å². The predicted octanol–water partition coefficient (Wildman–Crippen LogP) is 5.08. The van der Waals surface area contributed by atoms with Crippen LogP contribution in [0.1, 0.15) is 18.5 Å². The summed E-state index contributed by atoms with van der Waals surface area (Å²) in [6, 6.07) is 8.94. The van der Waals surface area contributed by atoms with Gasteiger partial charge in [0, 0.05) is 21.1 Å². The SMILES string of the molecule is C[C@@H](NCC(=O)Nc1cc(Cl)ccc1F)c1ccc(Cl)cc1Cl. The molecule has 1 atom stereocenters. The van der Waals surface area contributed by atoms with Crippen LogP contribution in [0.25, 0.3) is 0 Å². The molecular formula is C16H14Cl3FN2O. The molecule has 2 N–H and O–H groups in total. The van der Waals surface area contributed by atoms with E-state index in [1.54, 1.807) is 18.2 Å². The van der Waals surface area contributed by atoms with E-state index in [1.807, 2.05) is 6.92 Å². The van der Waals surface area contributed by atoms with Gasteiger partial charge in [0.05, 0.1) is 12.2 Å². The highest BCUT2D eigenvalue weighted by Gasteiger charge is 2.12. The van der Waals surface area contributed by atoms with Gasteiger partial charge in [-0.15, -0.1) is 0 Å². The Balaban J connectivity index is 1.94. The van der Waals surface area contributed by atoms with E-state index >= 15 is 0 Å². The molecular weight excluding hydrogens is 362 g/mol. The second-order valence-electron chi connectivity index (χ2n) is 4.94. The van der Waals surface area contributed by atoms with Gasteiger partial charge >= 0.3 is 0 Å². The summed E-state index contributed by atoms with van der Waals surface area (Å²) in [7, 11) is 0. The molecule has 0 aromatic heterocycles. The predicted molar refractivity (Wildman–Crippen MR) is 92.9 cm³/mol. The Morgan fingerprint density at radius 3 is 2.48 bits per heavy atom. The second kappa shape index (κ2) is 7.97. The third kappa shape index (κ3) is 5.08. The number of amides is 1. The molecule has 3 nitrogen and oxygen atoms in total. The van der Waals surface area contributed by atoms with Crippen LogP contribution in [0.2, 0.25) is 15.1 Å². The first-order chi connectivity index (χ1) is 10.9. The molecule has 0 fully saturated rings. The van der Waals surface area contributed by atoms with Gasteiger partial charge in [0.2, 0.25) is 5.91 Å². The number of rotatable bonds is 5. The van der Waals surface area contributed by atoms with Crippen molar-refractivity contribution in [2.45, 2.75) is 13.0 Å². The van der Waals surface area contributed by atoms with E-state index < -0.39 is 5.82 Å². The molecule has 7 heteroatoms. The van der Waals surface area contributed by atoms with E-state index in [4.69, 9.17) is 34.8 Å². The van der Waals surface area contributed by atoms with Crippen LogP contribution in [0, 0.1) is 5.82 Å². The van der Waals surface area contributed by atoms with E-state index in [0.29, 0.717) is 15.1 Å². The van der Waals surface area contributed by atoms with Crippen molar-refractivity contribution >= 4 is 46.4 Å². The first-order valence-corrected chi connectivity index (χ1v) is 7.93. The lowest BCUT2D eigenvalue weighted by Gasteiger charge is -2.16. The molecule has 0 saturated carbocycles. The Hall–Kier alpha value is -1.33. The molecule has 2 aromatic rings. The van der Waals surface area contributed by atoms with E-state index in [1.165, 1.54) is 18.2 Å². The molecule has 0 bridgehead atoms. The second-order valence-corrected chi connectivity index (χ2v) is 6.22. The quantitative estimate of drug-likeness (QED) is 0.765. The van der Waals surface area contributed by atoms with Gasteiger partial charge in [-0.2, -0.15) is 0 Å². The lowest BCUT2D eigenvalue weighted by atomic mass is 10.1. The van der Waals surface area contributed by atoms with E-state index in [2.05, 4.69) is 10.6 Å². The number of nitrogens with one attached hydrogen (secondary N) is 2. The number of hydrogen-bond acceptors (Lipinski definition) is 2. The van der Waals surface area contributed by atoms with Crippen molar-refractivity contribution in [3.8, 4) is 0 Å². The zero-order valence-electron chi connectivity index (χ0n) is 12.2. The lowest BCUT2D eigenvalue weighted by molar-refractivity contribution is -0.115. The Kier molecular flexibility index (Phi) is 6.25. The van der Waals surface area contributed by atoms with Gasteiger partial charge in [-0.3, -0.25) is 4.79 Å². The van der Waals surface area contributed by atoms with Crippen LogP contribution >= 0.6 is 34.8 Å². The highest BCUT2D eigenvalue weighted by atomic mass is 35.5. The zero-order valence-corrected chi connectivity index (χ0v) is 14.4. The van der Waals surface area contributed by atoms with Crippen molar-refractivity contribution in [3.05, 3.63) is 62.8 Å². The molecule has 0 unspecified atom stereocenters. The van der Waals surface area contributed by atoms with Crippen LogP contribution in [0.5, 0.6) is 0 Å². The minimum Gasteiger partial charge on any atom is -0.322 e. The van der Waals surface area contributed by atoms with Crippen LogP contribution in [-0.4, -0.2) is 12.5 Å². The monoisotopic (exact) mass is 374 g/mol. The van der Waals surface area contributed by atoms with Crippen LogP contribution < -0.4 is 10.6 Å². The zero-order chi connectivity index (χ0) is 17.0. The first-order valence-electron chi connectivity index (χ1n) is 6.80. The minimum atomic E-state index is -0.545. The minimum absolute atomic E-state index is 0.00786. The molecule has 0 aliphatic heterocycles. The summed E-state index contributed by atoms with van der Waals surface area (Å²) in [4.78, 5) is 11.9. The number of benzene rings is 2. The summed E-state index contributed by atoms with van der Waals surface area (Å²) >= 11 is 17.7. The van der Waals surface area contributed by atoms with Gasteiger partial charge in [0.1, 0.15) is 5.82 Å². The highest BCUT2D eigenvalue weighted by molar-refractivity contribution is 6.35. The van der Waals surface area contributed by atoms with Crippen molar-refractivity contribution in [3.63, 3.8) is 0 Å². The van der Waals surface area contributed by atoms with Gasteiger partial charge in [-0.1, -0.05) is 40.9 Å². The van der Waals surface area contributed by atoms with E-state index in [0.717, 1.165) is 5.56 Å². The normalized spacial score (nSPS) is 12.0. The molecule has 0 spiro atoms. The fourth-order valence-electron chi connectivity index (χ4n) is 2.00. The molecule has 0 aliphatic carbocycles. The first kappa shape index (κ1) is 18.0. The average molecular weight is 376 g/mol. The highest BCUT2D eigenvalue weighted by Crippen LogP contribution is 2.26. The smallest absolute Gasteiger partial charge is 0.238 e. The van der Waals surface area contributed by atoms with Gasteiger partial charge in [-0.25, -0.2) is 4.39 Å². The maximum absolute atomic E-state index is 13.6. The Morgan fingerprint density at radius 2 is 1.78 bits per heavy atom. The molecule has 2 rings (SSSR count). The summed E-state index contributed by atoms with van der Waals surface area (Å²) in [6.07, 6.45) is 0. The molecule has 122 valence electrons. The van der Waals surface area contributed by atoms with Crippen molar-refractivity contribution in [2.24, 2.45) is 0 Å². The van der Waals surface area contributed by atoms with E-state index in [9.17, 15) is 9.18 Å². The third-order valence-corrected chi connectivity index (χ3v) is 4.00. The Bertz CT molecular complexity index is 724. The summed E-state index contributed by atoms with van der Waals surface area (Å²) in [5.41, 5.74) is 0.860. The van der Waals surface area contributed by atoms with Crippen LogP contribution in [-0.2, 0) is 4.79 Å². The lowest BCUT2D eigenvalue weighted by Crippen LogP contribution is -2.30. The van der Waals surface area contributed by atoms with Crippen LogP contribution in [0.3, 0.4) is 0 Å². The fraction of sp³-hybridized carbons (Fsp3) is 0.188. The standard InChI is InChI=1S/C16H14Cl3FN2O/c1-9(12-4-2-10(17)6-13(12)19)21-8-16(23)22-15-7-11(18)3-5-14(15)20/h2-7,9,21H,8H2,1H3,(H,22,23)/t9-/m1/s1. The molecule has 0 aliphatic rings. The molecule has 0 radical (unpaired) electrons. The summed E-state index contributed by atoms with van der Waals surface area (Å²) < 4.78 is 13.6. The number of halogens is 4. The number of carbonyl (C=O) groups is 1. The largest absolute Gasteiger partial charge is 0.322 e. The van der Waals surface area contributed by atoms with Gasteiger partial charge in [0.25, 0.3) is 0 Å². The summed E-state index contributed by atoms with van der Waals surface area (Å²) in [5, 5.41) is 6.88. The maximum atomic E-state index is 13.6. The van der Waals surface area contributed by atoms with Gasteiger partial charge in [0.15, 0.2) is 0 Å². The molecule has 2 aromatic carbocycles. The Labute approximate surface area is 148 Å². The topological polar surface area (TPSA) is 41.1 Å². The van der Waals surface area contributed by atoms with Crippen molar-refractivity contribution in [1.29, 1.82) is 0 Å². The number of anilines is 1. The van der Waals surface area contributed by atoms with Gasteiger partial charge in [-0.05, 0) is 42.8 Å². The van der Waals surface area contributed by atoms with Crippen LogP contribution in [0.4, 0.5) is 10.1 Å². The maximum Gasteiger partial charge on any atom is 0.238 e. The van der Waals surface area contributed by atoms with Crippen molar-refractivity contribution < 1.29 is 9.18 Å². The number of carbonyl (C=O) groups excluding carboxylic acids is 1. The molecule has 23 heavy (non-hydrogen) atoms. The fourth-order valence-corrected chi connectivity index (χ4v) is 2.74. The summed E-state index contributed by atoms with van der Waals surface area (Å²) in [5.74, 6) is -0.931. The van der Waals surface area contributed by atoms with E-state index in [-0.39, 0.29) is 24.2 Å². The van der Waals surface area contributed by atoms with Crippen LogP contribution in [0.15, 0.2) is 36.4 Å². The molecule has 1 amide bonds. The van der Waals surface area contributed by atoms with Gasteiger partial charge < -0.3 is 10.6 Å². The molecule has 0 heterocycles. The molecule has 0 saturated heterocycles.